The largest absolute Gasteiger partial charge is 0.496 e. The zero-order valence-corrected chi connectivity index (χ0v) is 10.5. The summed E-state index contributed by atoms with van der Waals surface area (Å²) in [7, 11) is 1.67. The maximum atomic E-state index is 10.6. The molecule has 0 N–H and O–H groups in total. The minimum Gasteiger partial charge on any atom is -0.496 e. The van der Waals surface area contributed by atoms with Crippen molar-refractivity contribution in [2.75, 3.05) is 7.11 Å². The Kier molecular flexibility index (Phi) is 3.03. The van der Waals surface area contributed by atoms with E-state index in [1.807, 2.05) is 13.0 Å². The predicted molar refractivity (Wildman–Crippen MR) is 66.1 cm³/mol. The lowest BCUT2D eigenvalue weighted by atomic mass is 9.71. The second-order valence-corrected chi connectivity index (χ2v) is 4.68. The summed E-state index contributed by atoms with van der Waals surface area (Å²) < 4.78 is 5.50. The number of ether oxygens (including phenoxy) is 1. The Bertz CT molecular complexity index is 483. The number of isocyanates is 1. The molecule has 0 unspecified atom stereocenters. The quantitative estimate of drug-likeness (QED) is 0.592. The summed E-state index contributed by atoms with van der Waals surface area (Å²) in [6.45, 7) is 4.09. The Hall–Kier alpha value is -1.60. The molecule has 0 radical (unpaired) electrons. The van der Waals surface area contributed by atoms with Gasteiger partial charge in [0, 0.05) is 5.56 Å². The van der Waals surface area contributed by atoms with E-state index in [1.165, 1.54) is 5.56 Å². The first-order valence-corrected chi connectivity index (χ1v) is 5.88. The highest BCUT2D eigenvalue weighted by atomic mass is 16.5. The lowest BCUT2D eigenvalue weighted by Crippen LogP contribution is -2.32. The minimum atomic E-state index is -0.383. The minimum absolute atomic E-state index is 0.383. The fourth-order valence-electron chi connectivity index (χ4n) is 2.46. The van der Waals surface area contributed by atoms with Gasteiger partial charge in [-0.1, -0.05) is 12.1 Å². The molecule has 1 aliphatic rings. The van der Waals surface area contributed by atoms with Gasteiger partial charge in [-0.15, -0.1) is 0 Å². The van der Waals surface area contributed by atoms with E-state index in [0.29, 0.717) is 0 Å². The van der Waals surface area contributed by atoms with Crippen LogP contribution in [0.5, 0.6) is 5.75 Å². The molecule has 3 nitrogen and oxygen atoms in total. The lowest BCUT2D eigenvalue weighted by Gasteiger charge is -2.38. The maximum absolute atomic E-state index is 10.6. The van der Waals surface area contributed by atoms with Crippen molar-refractivity contribution < 1.29 is 9.53 Å². The van der Waals surface area contributed by atoms with Gasteiger partial charge < -0.3 is 4.74 Å². The van der Waals surface area contributed by atoms with Crippen molar-refractivity contribution in [3.63, 3.8) is 0 Å². The topological polar surface area (TPSA) is 38.7 Å². The van der Waals surface area contributed by atoms with Gasteiger partial charge in [-0.25, -0.2) is 4.79 Å². The highest BCUT2D eigenvalue weighted by Gasteiger charge is 2.41. The van der Waals surface area contributed by atoms with E-state index < -0.39 is 0 Å². The molecule has 1 aromatic rings. The van der Waals surface area contributed by atoms with Gasteiger partial charge in [0.2, 0.25) is 6.08 Å². The number of methoxy groups -OCH3 is 1. The normalized spacial score (nSPS) is 16.9. The standard InChI is InChI=1S/C14H17NO2/c1-10-5-6-12(13(17-3)11(10)2)14(15-9-16)7-4-8-14/h5-6H,4,7-8H2,1-3H3. The molecule has 1 saturated carbocycles. The molecule has 1 aromatic carbocycles. The first-order valence-electron chi connectivity index (χ1n) is 5.88. The molecule has 0 atom stereocenters. The molecular formula is C14H17NO2. The van der Waals surface area contributed by atoms with Crippen molar-refractivity contribution in [3.05, 3.63) is 28.8 Å². The van der Waals surface area contributed by atoms with Crippen LogP contribution in [0.15, 0.2) is 17.1 Å². The zero-order chi connectivity index (χ0) is 12.5. The smallest absolute Gasteiger partial charge is 0.235 e. The summed E-state index contributed by atoms with van der Waals surface area (Å²) in [5.74, 6) is 0.865. The van der Waals surface area contributed by atoms with E-state index >= 15 is 0 Å². The van der Waals surface area contributed by atoms with Gasteiger partial charge in [0.15, 0.2) is 0 Å². The second-order valence-electron chi connectivity index (χ2n) is 4.68. The van der Waals surface area contributed by atoms with Crippen LogP contribution in [-0.2, 0) is 10.3 Å². The van der Waals surface area contributed by atoms with Crippen molar-refractivity contribution in [1.82, 2.24) is 0 Å². The summed E-state index contributed by atoms with van der Waals surface area (Å²) >= 11 is 0. The maximum Gasteiger partial charge on any atom is 0.235 e. The molecule has 0 amide bonds. The number of benzene rings is 1. The molecular weight excluding hydrogens is 214 g/mol. The van der Waals surface area contributed by atoms with E-state index in [9.17, 15) is 4.79 Å². The van der Waals surface area contributed by atoms with Gasteiger partial charge >= 0.3 is 0 Å². The Morgan fingerprint density at radius 3 is 2.53 bits per heavy atom. The molecule has 2 rings (SSSR count). The summed E-state index contributed by atoms with van der Waals surface area (Å²) in [6, 6.07) is 4.09. The van der Waals surface area contributed by atoms with Gasteiger partial charge in [-0.2, -0.15) is 4.99 Å². The van der Waals surface area contributed by atoms with E-state index in [1.54, 1.807) is 13.2 Å². The SMILES string of the molecule is COc1c(C2(N=C=O)CCC2)ccc(C)c1C. The monoisotopic (exact) mass is 231 g/mol. The van der Waals surface area contributed by atoms with Gasteiger partial charge in [-0.05, 0) is 44.2 Å². The first kappa shape index (κ1) is 11.9. The average Bonchev–Trinajstić information content (AvgIpc) is 2.27. The van der Waals surface area contributed by atoms with Crippen LogP contribution < -0.4 is 4.74 Å². The third kappa shape index (κ3) is 1.77. The van der Waals surface area contributed by atoms with Gasteiger partial charge in [-0.3, -0.25) is 0 Å². The van der Waals surface area contributed by atoms with Crippen LogP contribution in [0, 0.1) is 13.8 Å². The van der Waals surface area contributed by atoms with E-state index in [0.717, 1.165) is 36.1 Å². The molecule has 17 heavy (non-hydrogen) atoms. The Morgan fingerprint density at radius 2 is 2.06 bits per heavy atom. The van der Waals surface area contributed by atoms with Crippen LogP contribution in [0.25, 0.3) is 0 Å². The fourth-order valence-corrected chi connectivity index (χ4v) is 2.46. The van der Waals surface area contributed by atoms with Crippen molar-refractivity contribution in [3.8, 4) is 5.75 Å². The van der Waals surface area contributed by atoms with Gasteiger partial charge in [0.05, 0.1) is 7.11 Å². The van der Waals surface area contributed by atoms with Crippen LogP contribution in [0.1, 0.15) is 36.0 Å². The van der Waals surface area contributed by atoms with Crippen molar-refractivity contribution in [2.45, 2.75) is 38.6 Å². The van der Waals surface area contributed by atoms with Gasteiger partial charge in [0.25, 0.3) is 0 Å². The number of rotatable bonds is 3. The molecule has 0 aliphatic heterocycles. The molecule has 1 aliphatic carbocycles. The average molecular weight is 231 g/mol. The van der Waals surface area contributed by atoms with Crippen LogP contribution in [0.2, 0.25) is 0 Å². The summed E-state index contributed by atoms with van der Waals surface area (Å²) in [4.78, 5) is 14.6. The van der Waals surface area contributed by atoms with E-state index in [2.05, 4.69) is 18.0 Å². The number of hydrogen-bond acceptors (Lipinski definition) is 3. The Labute approximate surface area is 102 Å². The van der Waals surface area contributed by atoms with Crippen molar-refractivity contribution >= 4 is 6.08 Å². The molecule has 0 heterocycles. The van der Waals surface area contributed by atoms with Crippen molar-refractivity contribution in [1.29, 1.82) is 0 Å². The van der Waals surface area contributed by atoms with Crippen LogP contribution in [0.4, 0.5) is 0 Å². The summed E-state index contributed by atoms with van der Waals surface area (Å²) in [6.07, 6.45) is 4.62. The van der Waals surface area contributed by atoms with Gasteiger partial charge in [0.1, 0.15) is 11.3 Å². The third-order valence-corrected chi connectivity index (χ3v) is 3.82. The summed E-state index contributed by atoms with van der Waals surface area (Å²) in [5.41, 5.74) is 2.95. The van der Waals surface area contributed by atoms with E-state index in [4.69, 9.17) is 4.74 Å². The predicted octanol–water partition coefficient (Wildman–Crippen LogP) is 3.03. The van der Waals surface area contributed by atoms with E-state index in [-0.39, 0.29) is 5.54 Å². The highest BCUT2D eigenvalue weighted by molar-refractivity contribution is 5.51. The first-order chi connectivity index (χ1) is 8.14. The lowest BCUT2D eigenvalue weighted by molar-refractivity contribution is 0.245. The van der Waals surface area contributed by atoms with Crippen LogP contribution in [-0.4, -0.2) is 13.2 Å². The molecule has 0 aromatic heterocycles. The number of carbonyl (C=O) groups excluding carboxylic acids is 1. The number of aliphatic imine (C=N–C) groups is 1. The van der Waals surface area contributed by atoms with Crippen LogP contribution >= 0.6 is 0 Å². The van der Waals surface area contributed by atoms with Crippen molar-refractivity contribution in [2.24, 2.45) is 4.99 Å². The van der Waals surface area contributed by atoms with Crippen LogP contribution in [0.3, 0.4) is 0 Å². The Morgan fingerprint density at radius 1 is 1.35 bits per heavy atom. The Balaban J connectivity index is 2.58. The zero-order valence-electron chi connectivity index (χ0n) is 10.5. The number of hydrogen-bond donors (Lipinski definition) is 0. The highest BCUT2D eigenvalue weighted by Crippen LogP contribution is 2.49. The number of aryl methyl sites for hydroxylation is 1. The molecule has 0 saturated heterocycles. The number of nitrogens with zero attached hydrogens (tertiary/aromatic N) is 1. The molecule has 0 spiro atoms. The molecule has 0 bridgehead atoms. The third-order valence-electron chi connectivity index (χ3n) is 3.82. The summed E-state index contributed by atoms with van der Waals surface area (Å²) in [5, 5.41) is 0. The fraction of sp³-hybridized carbons (Fsp3) is 0.500. The molecule has 3 heteroatoms. The molecule has 90 valence electrons. The molecule has 1 fully saturated rings. The second kappa shape index (κ2) is 4.34.